The van der Waals surface area contributed by atoms with Crippen LogP contribution in [0.15, 0.2) is 114 Å². The summed E-state index contributed by atoms with van der Waals surface area (Å²) < 4.78 is 11.6. The summed E-state index contributed by atoms with van der Waals surface area (Å²) in [5.41, 5.74) is 5.64. The SMILES string of the molecule is CCOc1ccc(C2=NN(c3ccccc3)C(c3ccc(OCc4ccccc4)cc3)C2)cc1. The van der Waals surface area contributed by atoms with Gasteiger partial charge in [0.15, 0.2) is 0 Å². The molecule has 1 atom stereocenters. The lowest BCUT2D eigenvalue weighted by Crippen LogP contribution is -2.18. The highest BCUT2D eigenvalue weighted by atomic mass is 16.5. The Morgan fingerprint density at radius 2 is 1.35 bits per heavy atom. The summed E-state index contributed by atoms with van der Waals surface area (Å²) in [5.74, 6) is 1.75. The van der Waals surface area contributed by atoms with Crippen LogP contribution in [0.5, 0.6) is 11.5 Å². The van der Waals surface area contributed by atoms with Crippen molar-refractivity contribution in [2.24, 2.45) is 5.10 Å². The van der Waals surface area contributed by atoms with Gasteiger partial charge in [0.1, 0.15) is 18.1 Å². The van der Waals surface area contributed by atoms with Gasteiger partial charge >= 0.3 is 0 Å². The lowest BCUT2D eigenvalue weighted by molar-refractivity contribution is 0.306. The van der Waals surface area contributed by atoms with Crippen LogP contribution in [0.2, 0.25) is 0 Å². The average Bonchev–Trinajstić information content (AvgIpc) is 3.35. The second kappa shape index (κ2) is 10.3. The monoisotopic (exact) mass is 448 g/mol. The van der Waals surface area contributed by atoms with Gasteiger partial charge in [0, 0.05) is 6.42 Å². The number of para-hydroxylation sites is 1. The van der Waals surface area contributed by atoms with Crippen LogP contribution < -0.4 is 14.5 Å². The predicted molar refractivity (Wildman–Crippen MR) is 138 cm³/mol. The Bertz CT molecular complexity index is 1220. The van der Waals surface area contributed by atoms with Gasteiger partial charge in [0.05, 0.1) is 24.0 Å². The molecule has 1 aliphatic heterocycles. The molecule has 4 heteroatoms. The van der Waals surface area contributed by atoms with Gasteiger partial charge in [-0.05, 0) is 72.1 Å². The molecule has 5 rings (SSSR count). The maximum absolute atomic E-state index is 5.99. The van der Waals surface area contributed by atoms with Crippen LogP contribution in [0, 0.1) is 0 Å². The average molecular weight is 449 g/mol. The molecule has 34 heavy (non-hydrogen) atoms. The van der Waals surface area contributed by atoms with Crippen molar-refractivity contribution in [3.63, 3.8) is 0 Å². The molecule has 0 bridgehead atoms. The summed E-state index contributed by atoms with van der Waals surface area (Å²) in [6.45, 7) is 3.22. The van der Waals surface area contributed by atoms with Gasteiger partial charge in [-0.25, -0.2) is 0 Å². The Hall–Kier alpha value is -4.05. The molecule has 0 aromatic heterocycles. The van der Waals surface area contributed by atoms with Crippen molar-refractivity contribution in [1.29, 1.82) is 0 Å². The minimum Gasteiger partial charge on any atom is -0.494 e. The first-order chi connectivity index (χ1) is 16.8. The second-order valence-corrected chi connectivity index (χ2v) is 8.25. The quantitative estimate of drug-likeness (QED) is 0.290. The summed E-state index contributed by atoms with van der Waals surface area (Å²) in [5, 5.41) is 7.17. The van der Waals surface area contributed by atoms with Crippen LogP contribution in [0.1, 0.15) is 36.1 Å². The highest BCUT2D eigenvalue weighted by Gasteiger charge is 2.29. The van der Waals surface area contributed by atoms with Crippen molar-refractivity contribution in [2.45, 2.75) is 26.0 Å². The van der Waals surface area contributed by atoms with Crippen LogP contribution >= 0.6 is 0 Å². The number of benzene rings is 4. The Kier molecular flexibility index (Phi) is 6.57. The largest absolute Gasteiger partial charge is 0.494 e. The van der Waals surface area contributed by atoms with E-state index < -0.39 is 0 Å². The van der Waals surface area contributed by atoms with Crippen LogP contribution in [0.25, 0.3) is 0 Å². The number of ether oxygens (including phenoxy) is 2. The molecule has 0 radical (unpaired) electrons. The maximum atomic E-state index is 5.99. The molecule has 1 aliphatic rings. The molecule has 0 N–H and O–H groups in total. The lowest BCUT2D eigenvalue weighted by atomic mass is 9.98. The van der Waals surface area contributed by atoms with Crippen molar-refractivity contribution in [1.82, 2.24) is 0 Å². The minimum atomic E-state index is 0.118. The summed E-state index contributed by atoms with van der Waals surface area (Å²) >= 11 is 0. The van der Waals surface area contributed by atoms with E-state index in [1.807, 2.05) is 43.3 Å². The molecule has 0 amide bonds. The first-order valence-electron chi connectivity index (χ1n) is 11.7. The summed E-state index contributed by atoms with van der Waals surface area (Å²) in [7, 11) is 0. The molecule has 0 fully saturated rings. The van der Waals surface area contributed by atoms with Crippen LogP contribution in [0.4, 0.5) is 5.69 Å². The van der Waals surface area contributed by atoms with Gasteiger partial charge in [-0.3, -0.25) is 5.01 Å². The van der Waals surface area contributed by atoms with Gasteiger partial charge < -0.3 is 9.47 Å². The van der Waals surface area contributed by atoms with Gasteiger partial charge in [0.2, 0.25) is 0 Å². The van der Waals surface area contributed by atoms with Crippen LogP contribution in [0.3, 0.4) is 0 Å². The molecule has 0 aliphatic carbocycles. The van der Waals surface area contributed by atoms with Gasteiger partial charge in [-0.2, -0.15) is 5.10 Å². The Labute approximate surface area is 201 Å². The van der Waals surface area contributed by atoms with E-state index in [1.54, 1.807) is 0 Å². The molecule has 0 spiro atoms. The standard InChI is InChI=1S/C30H28N2O2/c1-2-33-27-17-13-24(14-18-27)29-21-30(32(31-29)26-11-7-4-8-12-26)25-15-19-28(20-16-25)34-22-23-9-5-3-6-10-23/h3-20,30H,2,21-22H2,1H3. The lowest BCUT2D eigenvalue weighted by Gasteiger charge is -2.24. The summed E-state index contributed by atoms with van der Waals surface area (Å²) in [6, 6.07) is 37.3. The topological polar surface area (TPSA) is 34.1 Å². The van der Waals surface area contributed by atoms with E-state index in [4.69, 9.17) is 14.6 Å². The molecule has 1 unspecified atom stereocenters. The smallest absolute Gasteiger partial charge is 0.119 e. The fourth-order valence-corrected chi connectivity index (χ4v) is 4.20. The molecule has 0 saturated carbocycles. The van der Waals surface area contributed by atoms with E-state index in [2.05, 4.69) is 77.8 Å². The second-order valence-electron chi connectivity index (χ2n) is 8.25. The zero-order valence-electron chi connectivity index (χ0n) is 19.3. The third-order valence-electron chi connectivity index (χ3n) is 5.94. The van der Waals surface area contributed by atoms with E-state index in [0.29, 0.717) is 13.2 Å². The first-order valence-corrected chi connectivity index (χ1v) is 11.7. The molecular formula is C30H28N2O2. The zero-order chi connectivity index (χ0) is 23.2. The predicted octanol–water partition coefficient (Wildman–Crippen LogP) is 7.02. The number of hydrogen-bond donors (Lipinski definition) is 0. The summed E-state index contributed by atoms with van der Waals surface area (Å²) in [4.78, 5) is 0. The number of hydrazone groups is 1. The van der Waals surface area contributed by atoms with E-state index in [-0.39, 0.29) is 6.04 Å². The fraction of sp³-hybridized carbons (Fsp3) is 0.167. The highest BCUT2D eigenvalue weighted by molar-refractivity contribution is 6.03. The van der Waals surface area contributed by atoms with E-state index in [0.717, 1.165) is 40.4 Å². The molecule has 1 heterocycles. The zero-order valence-corrected chi connectivity index (χ0v) is 19.3. The summed E-state index contributed by atoms with van der Waals surface area (Å²) in [6.07, 6.45) is 0.826. The van der Waals surface area contributed by atoms with Crippen molar-refractivity contribution in [3.8, 4) is 11.5 Å². The third-order valence-corrected chi connectivity index (χ3v) is 5.94. The molecule has 170 valence electrons. The van der Waals surface area contributed by atoms with Crippen molar-refractivity contribution in [2.75, 3.05) is 11.6 Å². The van der Waals surface area contributed by atoms with Crippen molar-refractivity contribution < 1.29 is 9.47 Å². The Balaban J connectivity index is 1.36. The first kappa shape index (κ1) is 21.8. The van der Waals surface area contributed by atoms with Crippen LogP contribution in [-0.2, 0) is 6.61 Å². The van der Waals surface area contributed by atoms with Crippen molar-refractivity contribution in [3.05, 3.63) is 126 Å². The third kappa shape index (κ3) is 4.96. The Morgan fingerprint density at radius 1 is 0.735 bits per heavy atom. The van der Waals surface area contributed by atoms with Gasteiger partial charge in [0.25, 0.3) is 0 Å². The van der Waals surface area contributed by atoms with Gasteiger partial charge in [-0.1, -0.05) is 60.7 Å². The maximum Gasteiger partial charge on any atom is 0.119 e. The van der Waals surface area contributed by atoms with E-state index in [1.165, 1.54) is 5.56 Å². The number of nitrogens with zero attached hydrogens (tertiary/aromatic N) is 2. The normalized spacial score (nSPS) is 15.1. The van der Waals surface area contributed by atoms with E-state index in [9.17, 15) is 0 Å². The molecular weight excluding hydrogens is 420 g/mol. The molecule has 0 saturated heterocycles. The van der Waals surface area contributed by atoms with E-state index >= 15 is 0 Å². The van der Waals surface area contributed by atoms with Gasteiger partial charge in [-0.15, -0.1) is 0 Å². The molecule has 4 nitrogen and oxygen atoms in total. The number of hydrogen-bond acceptors (Lipinski definition) is 4. The minimum absolute atomic E-state index is 0.118. The fourth-order valence-electron chi connectivity index (χ4n) is 4.20. The highest BCUT2D eigenvalue weighted by Crippen LogP contribution is 2.37. The Morgan fingerprint density at radius 3 is 2.03 bits per heavy atom. The molecule has 4 aromatic carbocycles. The molecule has 4 aromatic rings. The number of anilines is 1. The van der Waals surface area contributed by atoms with Crippen LogP contribution in [-0.4, -0.2) is 12.3 Å². The number of rotatable bonds is 8. The van der Waals surface area contributed by atoms with Crippen molar-refractivity contribution >= 4 is 11.4 Å².